The third-order valence-electron chi connectivity index (χ3n) is 3.47. The summed E-state index contributed by atoms with van der Waals surface area (Å²) in [6.07, 6.45) is 7.30. The van der Waals surface area contributed by atoms with Crippen LogP contribution in [0.4, 0.5) is 0 Å². The molecule has 0 bridgehead atoms. The second-order valence-corrected chi connectivity index (χ2v) is 5.10. The van der Waals surface area contributed by atoms with Crippen LogP contribution in [-0.2, 0) is 13.5 Å². The number of hydrogen-bond donors (Lipinski definition) is 2. The predicted octanol–water partition coefficient (Wildman–Crippen LogP) is 2.57. The molecule has 122 valence electrons. The van der Waals surface area contributed by atoms with Crippen molar-refractivity contribution in [1.82, 2.24) is 20.4 Å². The van der Waals surface area contributed by atoms with Crippen molar-refractivity contribution in [3.8, 4) is 0 Å². The lowest BCUT2D eigenvalue weighted by Gasteiger charge is -2.13. The molecule has 0 aliphatic carbocycles. The van der Waals surface area contributed by atoms with E-state index in [-0.39, 0.29) is 24.0 Å². The lowest BCUT2D eigenvalue weighted by Crippen LogP contribution is -2.38. The van der Waals surface area contributed by atoms with Crippen molar-refractivity contribution >= 4 is 29.9 Å². The Morgan fingerprint density at radius 3 is 2.52 bits per heavy atom. The zero-order valence-corrected chi connectivity index (χ0v) is 16.1. The first-order valence-corrected chi connectivity index (χ1v) is 7.69. The summed E-state index contributed by atoms with van der Waals surface area (Å²) >= 11 is 0. The molecular formula is C15H30IN5. The van der Waals surface area contributed by atoms with Gasteiger partial charge in [-0.1, -0.05) is 26.7 Å². The SMILES string of the molecule is CCNC(=NCC(CC)CC)NCCc1cnn(C)c1.I. The fraction of sp³-hybridized carbons (Fsp3) is 0.733. The second kappa shape index (κ2) is 11.8. The van der Waals surface area contributed by atoms with Gasteiger partial charge in [0.2, 0.25) is 0 Å². The number of hydrogen-bond acceptors (Lipinski definition) is 2. The van der Waals surface area contributed by atoms with E-state index >= 15 is 0 Å². The number of halogens is 1. The monoisotopic (exact) mass is 407 g/mol. The number of nitrogens with one attached hydrogen (secondary N) is 2. The maximum Gasteiger partial charge on any atom is 0.191 e. The highest BCUT2D eigenvalue weighted by Gasteiger charge is 2.03. The predicted molar refractivity (Wildman–Crippen MR) is 100 cm³/mol. The van der Waals surface area contributed by atoms with E-state index in [1.54, 1.807) is 0 Å². The molecule has 0 unspecified atom stereocenters. The van der Waals surface area contributed by atoms with E-state index in [2.05, 4.69) is 47.7 Å². The third-order valence-corrected chi connectivity index (χ3v) is 3.47. The minimum absolute atomic E-state index is 0. The molecule has 1 heterocycles. The number of rotatable bonds is 8. The molecule has 0 aliphatic rings. The first kappa shape index (κ1) is 20.2. The largest absolute Gasteiger partial charge is 0.357 e. The molecule has 6 heteroatoms. The molecule has 0 amide bonds. The summed E-state index contributed by atoms with van der Waals surface area (Å²) < 4.78 is 1.84. The van der Waals surface area contributed by atoms with Crippen molar-refractivity contribution in [2.75, 3.05) is 19.6 Å². The van der Waals surface area contributed by atoms with Crippen molar-refractivity contribution in [3.05, 3.63) is 18.0 Å². The number of aryl methyl sites for hydroxylation is 1. The highest BCUT2D eigenvalue weighted by molar-refractivity contribution is 14.0. The maximum absolute atomic E-state index is 4.67. The molecule has 0 fully saturated rings. The average molecular weight is 407 g/mol. The summed E-state index contributed by atoms with van der Waals surface area (Å²) in [5.74, 6) is 1.60. The van der Waals surface area contributed by atoms with Crippen LogP contribution < -0.4 is 10.6 Å². The summed E-state index contributed by atoms with van der Waals surface area (Å²) in [6.45, 7) is 9.21. The van der Waals surface area contributed by atoms with E-state index in [0.29, 0.717) is 5.92 Å². The topological polar surface area (TPSA) is 54.2 Å². The minimum Gasteiger partial charge on any atom is -0.357 e. The molecular weight excluding hydrogens is 377 g/mol. The van der Waals surface area contributed by atoms with Gasteiger partial charge in [0.1, 0.15) is 0 Å². The second-order valence-electron chi connectivity index (χ2n) is 5.10. The van der Waals surface area contributed by atoms with Crippen molar-refractivity contribution in [2.45, 2.75) is 40.0 Å². The van der Waals surface area contributed by atoms with Crippen molar-refractivity contribution < 1.29 is 0 Å². The Morgan fingerprint density at radius 1 is 1.29 bits per heavy atom. The maximum atomic E-state index is 4.67. The van der Waals surface area contributed by atoms with Gasteiger partial charge in [-0.05, 0) is 24.8 Å². The summed E-state index contributed by atoms with van der Waals surface area (Å²) in [4.78, 5) is 4.67. The molecule has 1 aromatic rings. The molecule has 1 aromatic heterocycles. The quantitative estimate of drug-likeness (QED) is 0.396. The van der Waals surface area contributed by atoms with Gasteiger partial charge in [-0.15, -0.1) is 24.0 Å². The molecule has 0 saturated heterocycles. The number of nitrogens with zero attached hydrogens (tertiary/aromatic N) is 3. The van der Waals surface area contributed by atoms with Gasteiger partial charge in [-0.2, -0.15) is 5.10 Å². The fourth-order valence-electron chi connectivity index (χ4n) is 2.04. The normalized spacial score (nSPS) is 11.4. The van der Waals surface area contributed by atoms with Crippen LogP contribution in [0.1, 0.15) is 39.2 Å². The Kier molecular flexibility index (Phi) is 11.4. The van der Waals surface area contributed by atoms with Crippen LogP contribution >= 0.6 is 24.0 Å². The van der Waals surface area contributed by atoms with Gasteiger partial charge < -0.3 is 10.6 Å². The molecule has 5 nitrogen and oxygen atoms in total. The summed E-state index contributed by atoms with van der Waals surface area (Å²) in [6, 6.07) is 0. The van der Waals surface area contributed by atoms with Crippen LogP contribution in [0, 0.1) is 5.92 Å². The highest BCUT2D eigenvalue weighted by Crippen LogP contribution is 2.07. The average Bonchev–Trinajstić information content (AvgIpc) is 2.85. The molecule has 2 N–H and O–H groups in total. The zero-order chi connectivity index (χ0) is 14.8. The van der Waals surface area contributed by atoms with Gasteiger partial charge in [-0.25, -0.2) is 0 Å². The lowest BCUT2D eigenvalue weighted by atomic mass is 10.0. The Labute approximate surface area is 146 Å². The number of aromatic nitrogens is 2. The molecule has 0 radical (unpaired) electrons. The first-order valence-electron chi connectivity index (χ1n) is 7.69. The Morgan fingerprint density at radius 2 is 2.00 bits per heavy atom. The van der Waals surface area contributed by atoms with E-state index in [9.17, 15) is 0 Å². The highest BCUT2D eigenvalue weighted by atomic mass is 127. The zero-order valence-electron chi connectivity index (χ0n) is 13.7. The van der Waals surface area contributed by atoms with Crippen molar-refractivity contribution in [1.29, 1.82) is 0 Å². The molecule has 0 saturated carbocycles. The van der Waals surface area contributed by atoms with Gasteiger partial charge in [0.05, 0.1) is 6.20 Å². The van der Waals surface area contributed by atoms with Crippen molar-refractivity contribution in [2.24, 2.45) is 18.0 Å². The summed E-state index contributed by atoms with van der Waals surface area (Å²) in [5.41, 5.74) is 1.25. The Bertz CT molecular complexity index is 399. The Balaban J connectivity index is 0.00000400. The first-order chi connectivity index (χ1) is 9.69. The molecule has 0 spiro atoms. The van der Waals surface area contributed by atoms with Crippen LogP contribution in [0.25, 0.3) is 0 Å². The molecule has 21 heavy (non-hydrogen) atoms. The Hall–Kier alpha value is -0.790. The van der Waals surface area contributed by atoms with E-state index in [4.69, 9.17) is 0 Å². The van der Waals surface area contributed by atoms with E-state index in [1.165, 1.54) is 18.4 Å². The molecule has 0 aromatic carbocycles. The number of aliphatic imine (C=N–C) groups is 1. The van der Waals surface area contributed by atoms with E-state index in [1.807, 2.05) is 17.9 Å². The van der Waals surface area contributed by atoms with Gasteiger partial charge >= 0.3 is 0 Å². The smallest absolute Gasteiger partial charge is 0.191 e. The van der Waals surface area contributed by atoms with Gasteiger partial charge in [0.25, 0.3) is 0 Å². The summed E-state index contributed by atoms with van der Waals surface area (Å²) in [5, 5.41) is 10.9. The van der Waals surface area contributed by atoms with E-state index < -0.39 is 0 Å². The molecule has 0 aliphatic heterocycles. The van der Waals surface area contributed by atoms with Gasteiger partial charge in [0, 0.05) is 32.9 Å². The van der Waals surface area contributed by atoms with Crippen molar-refractivity contribution in [3.63, 3.8) is 0 Å². The van der Waals surface area contributed by atoms with Gasteiger partial charge in [0.15, 0.2) is 5.96 Å². The molecule has 0 atom stereocenters. The lowest BCUT2D eigenvalue weighted by molar-refractivity contribution is 0.504. The number of guanidine groups is 1. The van der Waals surface area contributed by atoms with Crippen LogP contribution in [0.5, 0.6) is 0 Å². The van der Waals surface area contributed by atoms with Crippen LogP contribution in [0.3, 0.4) is 0 Å². The summed E-state index contributed by atoms with van der Waals surface area (Å²) in [7, 11) is 1.94. The standard InChI is InChI=1S/C15H29N5.HI/c1-5-13(6-2)10-18-15(16-7-3)17-9-8-14-11-19-20(4)12-14;/h11-13H,5-10H2,1-4H3,(H2,16,17,18);1H. The van der Waals surface area contributed by atoms with Gasteiger partial charge in [-0.3, -0.25) is 9.67 Å². The van der Waals surface area contributed by atoms with E-state index in [0.717, 1.165) is 32.0 Å². The minimum atomic E-state index is 0. The molecule has 1 rings (SSSR count). The van der Waals surface area contributed by atoms with Crippen LogP contribution in [-0.4, -0.2) is 35.4 Å². The van der Waals surface area contributed by atoms with Crippen LogP contribution in [0.2, 0.25) is 0 Å². The van der Waals surface area contributed by atoms with Crippen LogP contribution in [0.15, 0.2) is 17.4 Å². The fourth-order valence-corrected chi connectivity index (χ4v) is 2.04. The third kappa shape index (κ3) is 8.28.